The molecule has 0 amide bonds. The Balaban J connectivity index is 1.83. The second-order valence-corrected chi connectivity index (χ2v) is 13.2. The second-order valence-electron chi connectivity index (χ2n) is 11.5. The zero-order chi connectivity index (χ0) is 23.0. The zero-order valence-corrected chi connectivity index (χ0v) is 20.6. The van der Waals surface area contributed by atoms with Crippen LogP contribution in [0.25, 0.3) is 0 Å². The van der Waals surface area contributed by atoms with Crippen molar-refractivity contribution in [3.8, 4) is 0 Å². The Kier molecular flexibility index (Phi) is 5.23. The van der Waals surface area contributed by atoms with Crippen molar-refractivity contribution in [3.63, 3.8) is 0 Å². The van der Waals surface area contributed by atoms with E-state index in [1.165, 1.54) is 11.8 Å². The van der Waals surface area contributed by atoms with Gasteiger partial charge in [-0.2, -0.15) is 0 Å². The van der Waals surface area contributed by atoms with Crippen molar-refractivity contribution in [3.05, 3.63) is 23.3 Å². The van der Waals surface area contributed by atoms with Crippen molar-refractivity contribution >= 4 is 21.4 Å². The minimum Gasteiger partial charge on any atom is -0.374 e. The molecular formula is C24H39N3O3S. The third-order valence-electron chi connectivity index (χ3n) is 9.05. The van der Waals surface area contributed by atoms with Gasteiger partial charge in [0.05, 0.1) is 11.9 Å². The zero-order valence-electron chi connectivity index (χ0n) is 19.7. The van der Waals surface area contributed by atoms with Crippen LogP contribution < -0.4 is 15.8 Å². The molecule has 3 aliphatic carbocycles. The molecule has 6 nitrogen and oxygen atoms in total. The molecule has 0 aromatic heterocycles. The lowest BCUT2D eigenvalue weighted by atomic mass is 9.43. The maximum atomic E-state index is 12.2. The van der Waals surface area contributed by atoms with Gasteiger partial charge in [-0.25, -0.2) is 8.42 Å². The third kappa shape index (κ3) is 3.57. The number of benzene rings is 1. The highest BCUT2D eigenvalue weighted by atomic mass is 32.2. The number of nitrogens with one attached hydrogen (secondary N) is 2. The number of rotatable bonds is 4. The molecule has 6 atom stereocenters. The summed E-state index contributed by atoms with van der Waals surface area (Å²) in [6.45, 7) is 11.1. The Bertz CT molecular complexity index is 990. The molecule has 2 fully saturated rings. The summed E-state index contributed by atoms with van der Waals surface area (Å²) in [4.78, 5) is 0. The fraction of sp³-hybridized carbons (Fsp3) is 0.750. The van der Waals surface area contributed by atoms with Crippen molar-refractivity contribution in [2.45, 2.75) is 84.4 Å². The summed E-state index contributed by atoms with van der Waals surface area (Å²) in [7, 11) is -3.43. The van der Waals surface area contributed by atoms with Crippen molar-refractivity contribution in [2.75, 3.05) is 16.3 Å². The van der Waals surface area contributed by atoms with E-state index >= 15 is 0 Å². The standard InChI is InChI=1S/C24H39N3O3S/c1-14(28)26-16-11-15-12-19-23(4)10-8-20(25)22(2,3)18(23)7-9-24(19,5)21(15)17(13-16)27-31(6,29)30/h11,13-14,18-20,26-28H,7-10,12,25H2,1-6H3. The van der Waals surface area contributed by atoms with Gasteiger partial charge in [0, 0.05) is 11.7 Å². The highest BCUT2D eigenvalue weighted by Crippen LogP contribution is 2.68. The lowest BCUT2D eigenvalue weighted by Crippen LogP contribution is -2.60. The van der Waals surface area contributed by atoms with E-state index in [9.17, 15) is 13.5 Å². The first-order valence-electron chi connectivity index (χ1n) is 11.5. The Morgan fingerprint density at radius 3 is 2.42 bits per heavy atom. The van der Waals surface area contributed by atoms with Crippen LogP contribution in [0.1, 0.15) is 71.4 Å². The summed E-state index contributed by atoms with van der Waals surface area (Å²) in [6.07, 6.45) is 5.70. The molecule has 5 N–H and O–H groups in total. The second kappa shape index (κ2) is 7.09. The summed E-state index contributed by atoms with van der Waals surface area (Å²) in [5, 5.41) is 12.9. The monoisotopic (exact) mass is 449 g/mol. The van der Waals surface area contributed by atoms with E-state index in [2.05, 4.69) is 43.8 Å². The maximum Gasteiger partial charge on any atom is 0.229 e. The quantitative estimate of drug-likeness (QED) is 0.523. The fourth-order valence-corrected chi connectivity index (χ4v) is 8.27. The fourth-order valence-electron chi connectivity index (χ4n) is 7.71. The van der Waals surface area contributed by atoms with E-state index in [0.717, 1.165) is 43.4 Å². The molecule has 7 heteroatoms. The molecule has 4 rings (SSSR count). The number of hydrogen-bond donors (Lipinski definition) is 4. The number of fused-ring (bicyclic) bond motifs is 5. The molecule has 2 saturated carbocycles. The predicted octanol–water partition coefficient (Wildman–Crippen LogP) is 3.80. The van der Waals surface area contributed by atoms with Crippen molar-refractivity contribution in [1.29, 1.82) is 0 Å². The Morgan fingerprint density at radius 1 is 1.13 bits per heavy atom. The van der Waals surface area contributed by atoms with Gasteiger partial charge in [-0.15, -0.1) is 0 Å². The first-order valence-corrected chi connectivity index (χ1v) is 13.4. The van der Waals surface area contributed by atoms with Crippen LogP contribution in [0.5, 0.6) is 0 Å². The molecule has 0 saturated heterocycles. The third-order valence-corrected chi connectivity index (χ3v) is 9.64. The van der Waals surface area contributed by atoms with E-state index in [1.54, 1.807) is 6.92 Å². The first kappa shape index (κ1) is 22.9. The molecular weight excluding hydrogens is 410 g/mol. The highest BCUT2D eigenvalue weighted by molar-refractivity contribution is 7.92. The van der Waals surface area contributed by atoms with Gasteiger partial charge in [0.2, 0.25) is 10.0 Å². The number of nitrogens with two attached hydrogens (primary N) is 1. The van der Waals surface area contributed by atoms with Crippen LogP contribution in [0.15, 0.2) is 12.1 Å². The molecule has 0 heterocycles. The van der Waals surface area contributed by atoms with Crippen LogP contribution in [0.4, 0.5) is 11.4 Å². The Hall–Kier alpha value is -1.31. The van der Waals surface area contributed by atoms with Crippen LogP contribution >= 0.6 is 0 Å². The van der Waals surface area contributed by atoms with Gasteiger partial charge in [0.25, 0.3) is 0 Å². The maximum absolute atomic E-state index is 12.2. The van der Waals surface area contributed by atoms with Gasteiger partial charge in [0.1, 0.15) is 6.23 Å². The number of hydrogen-bond acceptors (Lipinski definition) is 5. The van der Waals surface area contributed by atoms with Crippen molar-refractivity contribution in [1.82, 2.24) is 0 Å². The van der Waals surface area contributed by atoms with E-state index in [0.29, 0.717) is 17.5 Å². The average molecular weight is 450 g/mol. The largest absolute Gasteiger partial charge is 0.374 e. The van der Waals surface area contributed by atoms with E-state index in [4.69, 9.17) is 5.73 Å². The summed E-state index contributed by atoms with van der Waals surface area (Å²) in [5.74, 6) is 0.986. The molecule has 31 heavy (non-hydrogen) atoms. The van der Waals surface area contributed by atoms with Gasteiger partial charge >= 0.3 is 0 Å². The topological polar surface area (TPSA) is 104 Å². The smallest absolute Gasteiger partial charge is 0.229 e. The molecule has 1 aromatic rings. The van der Waals surface area contributed by atoms with Crippen molar-refractivity contribution < 1.29 is 13.5 Å². The van der Waals surface area contributed by atoms with Crippen LogP contribution in [-0.4, -0.2) is 32.0 Å². The van der Waals surface area contributed by atoms with Crippen molar-refractivity contribution in [2.24, 2.45) is 28.4 Å². The lowest BCUT2D eigenvalue weighted by molar-refractivity contribution is -0.107. The summed E-state index contributed by atoms with van der Waals surface area (Å²) < 4.78 is 27.2. The predicted molar refractivity (Wildman–Crippen MR) is 127 cm³/mol. The van der Waals surface area contributed by atoms with E-state index < -0.39 is 16.3 Å². The molecule has 174 valence electrons. The molecule has 1 aromatic carbocycles. The summed E-state index contributed by atoms with van der Waals surface area (Å²) >= 11 is 0. The minimum atomic E-state index is -3.43. The molecule has 0 radical (unpaired) electrons. The van der Waals surface area contributed by atoms with Gasteiger partial charge in [-0.3, -0.25) is 4.72 Å². The molecule has 6 unspecified atom stereocenters. The highest BCUT2D eigenvalue weighted by Gasteiger charge is 2.62. The Morgan fingerprint density at radius 2 is 1.81 bits per heavy atom. The van der Waals surface area contributed by atoms with Gasteiger partial charge in [-0.05, 0) is 90.4 Å². The van der Waals surface area contributed by atoms with Gasteiger partial charge in [-0.1, -0.05) is 27.7 Å². The van der Waals surface area contributed by atoms with E-state index in [-0.39, 0.29) is 22.3 Å². The molecule has 0 aliphatic heterocycles. The molecule has 0 spiro atoms. The minimum absolute atomic E-state index is 0.0888. The average Bonchev–Trinajstić information content (AvgIpc) is 2.91. The number of anilines is 2. The lowest BCUT2D eigenvalue weighted by Gasteiger charge is -2.62. The first-order chi connectivity index (χ1) is 14.2. The number of aliphatic hydroxyl groups is 1. The number of aliphatic hydroxyl groups excluding tert-OH is 1. The van der Waals surface area contributed by atoms with E-state index in [1.807, 2.05) is 6.07 Å². The molecule has 0 bridgehead atoms. The van der Waals surface area contributed by atoms with Crippen LogP contribution in [0, 0.1) is 22.7 Å². The van der Waals surface area contributed by atoms with Gasteiger partial charge < -0.3 is 16.2 Å². The normalized spacial score (nSPS) is 37.4. The summed E-state index contributed by atoms with van der Waals surface area (Å²) in [6, 6.07) is 4.18. The van der Waals surface area contributed by atoms with Crippen LogP contribution in [-0.2, 0) is 21.9 Å². The number of sulfonamides is 1. The SMILES string of the molecule is CC(O)Nc1cc2c(c(NS(C)(=O)=O)c1)C1(C)CCC3C(C)(C)C(N)CCC3(C)C1C2. The van der Waals surface area contributed by atoms with Crippen LogP contribution in [0.2, 0.25) is 0 Å². The van der Waals surface area contributed by atoms with Gasteiger partial charge in [0.15, 0.2) is 0 Å². The van der Waals surface area contributed by atoms with Crippen LogP contribution in [0.3, 0.4) is 0 Å². The Labute approximate surface area is 187 Å². The summed E-state index contributed by atoms with van der Waals surface area (Å²) in [5.41, 5.74) is 10.5. The molecule has 3 aliphatic rings.